The van der Waals surface area contributed by atoms with E-state index in [2.05, 4.69) is 51.0 Å². The fourth-order valence-electron chi connectivity index (χ4n) is 2.30. The Morgan fingerprint density at radius 1 is 1.24 bits per heavy atom. The molecule has 0 unspecified atom stereocenters. The molecule has 0 radical (unpaired) electrons. The van der Waals surface area contributed by atoms with Crippen LogP contribution >= 0.6 is 0 Å². The van der Waals surface area contributed by atoms with Crippen molar-refractivity contribution < 1.29 is 9.53 Å². The van der Waals surface area contributed by atoms with Gasteiger partial charge in [-0.25, -0.2) is 0 Å². The first-order valence-corrected chi connectivity index (χ1v) is 17.0. The van der Waals surface area contributed by atoms with E-state index in [9.17, 15) is 4.79 Å². The molecule has 0 bridgehead atoms. The van der Waals surface area contributed by atoms with Crippen LogP contribution in [0.1, 0.15) is 29.0 Å². The summed E-state index contributed by atoms with van der Waals surface area (Å²) in [4.78, 5) is 23.0. The topological polar surface area (TPSA) is 44.1 Å². The summed E-state index contributed by atoms with van der Waals surface area (Å²) in [5.74, 6) is -0.359. The molecule has 2 rings (SSSR count). The number of benzene rings is 1. The molecular formula is C16H22N2O2Sn. The van der Waals surface area contributed by atoms with Crippen LogP contribution in [0.3, 0.4) is 0 Å². The van der Waals surface area contributed by atoms with Crippen molar-refractivity contribution in [3.8, 4) is 0 Å². The zero-order valence-electron chi connectivity index (χ0n) is 13.3. The second kappa shape index (κ2) is 6.22. The van der Waals surface area contributed by atoms with Crippen LogP contribution in [0.5, 0.6) is 0 Å². The summed E-state index contributed by atoms with van der Waals surface area (Å²) >= 11 is -2.01. The van der Waals surface area contributed by atoms with E-state index in [0.29, 0.717) is 5.69 Å². The second-order valence-corrected chi connectivity index (χ2v) is 20.7. The van der Waals surface area contributed by atoms with E-state index in [1.54, 1.807) is 12.5 Å². The summed E-state index contributed by atoms with van der Waals surface area (Å²) in [5, 5.41) is 0. The predicted molar refractivity (Wildman–Crippen MR) is 86.8 cm³/mol. The van der Waals surface area contributed by atoms with Crippen molar-refractivity contribution in [2.45, 2.75) is 27.8 Å². The Kier molecular flexibility index (Phi) is 4.76. The van der Waals surface area contributed by atoms with Gasteiger partial charge in [0.15, 0.2) is 0 Å². The zero-order chi connectivity index (χ0) is 15.6. The summed E-state index contributed by atoms with van der Waals surface area (Å²) in [7, 11) is 1.38. The first-order valence-electron chi connectivity index (χ1n) is 7.05. The number of esters is 1. The molecule has 0 aliphatic heterocycles. The van der Waals surface area contributed by atoms with Crippen molar-refractivity contribution in [1.29, 1.82) is 0 Å². The van der Waals surface area contributed by atoms with Crippen molar-refractivity contribution in [1.82, 2.24) is 9.55 Å². The molecule has 1 atom stereocenters. The molecule has 112 valence electrons. The minimum absolute atomic E-state index is 0.0471. The molecule has 4 nitrogen and oxygen atoms in total. The van der Waals surface area contributed by atoms with E-state index in [1.807, 2.05) is 4.57 Å². The number of ether oxygens (including phenoxy) is 1. The number of carbonyl (C=O) groups is 1. The van der Waals surface area contributed by atoms with Gasteiger partial charge in [-0.1, -0.05) is 0 Å². The molecule has 1 heterocycles. The molecule has 21 heavy (non-hydrogen) atoms. The van der Waals surface area contributed by atoms with Crippen molar-refractivity contribution in [3.63, 3.8) is 0 Å². The van der Waals surface area contributed by atoms with Crippen molar-refractivity contribution in [2.75, 3.05) is 7.11 Å². The summed E-state index contributed by atoms with van der Waals surface area (Å²) in [6, 6.07) is 8.82. The molecule has 0 aliphatic rings. The number of imidazole rings is 1. The number of rotatable bonds is 4. The normalized spacial score (nSPS) is 13.0. The van der Waals surface area contributed by atoms with E-state index < -0.39 is 18.4 Å². The van der Waals surface area contributed by atoms with Gasteiger partial charge in [0.05, 0.1) is 0 Å². The van der Waals surface area contributed by atoms with Crippen LogP contribution in [-0.4, -0.2) is 41.0 Å². The van der Waals surface area contributed by atoms with Crippen LogP contribution in [0.2, 0.25) is 14.8 Å². The van der Waals surface area contributed by atoms with Gasteiger partial charge in [0, 0.05) is 0 Å². The van der Waals surface area contributed by atoms with Gasteiger partial charge >= 0.3 is 130 Å². The molecular weight excluding hydrogens is 371 g/mol. The van der Waals surface area contributed by atoms with E-state index >= 15 is 0 Å². The van der Waals surface area contributed by atoms with Gasteiger partial charge in [-0.2, -0.15) is 0 Å². The third kappa shape index (κ3) is 3.48. The van der Waals surface area contributed by atoms with E-state index in [-0.39, 0.29) is 12.0 Å². The fourth-order valence-corrected chi connectivity index (χ4v) is 5.63. The summed E-state index contributed by atoms with van der Waals surface area (Å²) in [5.41, 5.74) is 1.64. The maximum atomic E-state index is 11.7. The number of methoxy groups -OCH3 is 1. The molecule has 2 aromatic rings. The molecule has 1 aromatic carbocycles. The summed E-state index contributed by atoms with van der Waals surface area (Å²) in [6.45, 7) is 2.06. The SMILES string of the molecule is COC(=O)c1cncn1[C@H](C)c1cc[c]([Sn]([CH3])([CH3])[CH3])cc1. The summed E-state index contributed by atoms with van der Waals surface area (Å²) < 4.78 is 8.14. The first-order chi connectivity index (χ1) is 9.84. The molecule has 0 fully saturated rings. The van der Waals surface area contributed by atoms with Gasteiger partial charge in [-0.05, 0) is 0 Å². The number of hydrogen-bond acceptors (Lipinski definition) is 3. The Hall–Kier alpha value is -1.30. The number of hydrogen-bond donors (Lipinski definition) is 0. The Labute approximate surface area is 130 Å². The van der Waals surface area contributed by atoms with Gasteiger partial charge in [0.1, 0.15) is 0 Å². The molecule has 0 spiro atoms. The quantitative estimate of drug-likeness (QED) is 0.593. The molecule has 0 N–H and O–H groups in total. The number of aromatic nitrogens is 2. The van der Waals surface area contributed by atoms with Crippen molar-refractivity contribution in [2.24, 2.45) is 0 Å². The predicted octanol–water partition coefficient (Wildman–Crippen LogP) is 2.82. The molecule has 1 aromatic heterocycles. The number of nitrogens with zero attached hydrogens (tertiary/aromatic N) is 2. The Bertz CT molecular complexity index is 626. The third-order valence-corrected chi connectivity index (χ3v) is 9.63. The van der Waals surface area contributed by atoms with Crippen molar-refractivity contribution in [3.05, 3.63) is 48.0 Å². The van der Waals surface area contributed by atoms with Crippen LogP contribution < -0.4 is 3.58 Å². The van der Waals surface area contributed by atoms with E-state index in [1.165, 1.54) is 10.7 Å². The first kappa shape index (κ1) is 16.1. The molecule has 5 heteroatoms. The second-order valence-electron chi connectivity index (χ2n) is 6.23. The molecule has 0 saturated carbocycles. The number of carbonyl (C=O) groups excluding carboxylic acids is 1. The third-order valence-electron chi connectivity index (χ3n) is 3.74. The van der Waals surface area contributed by atoms with Crippen LogP contribution in [0.15, 0.2) is 36.8 Å². The molecule has 0 saturated heterocycles. The Morgan fingerprint density at radius 3 is 2.38 bits per heavy atom. The summed E-state index contributed by atoms with van der Waals surface area (Å²) in [6.07, 6.45) is 3.22. The van der Waals surface area contributed by atoms with Crippen LogP contribution in [-0.2, 0) is 4.74 Å². The van der Waals surface area contributed by atoms with Crippen molar-refractivity contribution >= 4 is 27.9 Å². The van der Waals surface area contributed by atoms with E-state index in [0.717, 1.165) is 5.56 Å². The average molecular weight is 393 g/mol. The van der Waals surface area contributed by atoms with Gasteiger partial charge in [-0.3, -0.25) is 0 Å². The fraction of sp³-hybridized carbons (Fsp3) is 0.375. The van der Waals surface area contributed by atoms with Gasteiger partial charge in [-0.15, -0.1) is 0 Å². The minimum atomic E-state index is -2.01. The maximum absolute atomic E-state index is 11.7. The van der Waals surface area contributed by atoms with Crippen LogP contribution in [0, 0.1) is 0 Å². The molecule has 0 amide bonds. The zero-order valence-corrected chi connectivity index (χ0v) is 16.1. The Balaban J connectivity index is 2.31. The van der Waals surface area contributed by atoms with E-state index in [4.69, 9.17) is 4.74 Å². The average Bonchev–Trinajstić information content (AvgIpc) is 2.94. The van der Waals surface area contributed by atoms with Crippen LogP contribution in [0.4, 0.5) is 0 Å². The molecule has 0 aliphatic carbocycles. The standard InChI is InChI=1S/C13H13N2O2.3CH3.Sn/c1-10(11-6-4-3-5-7-11)15-9-14-8-12(15)13(16)17-2;;;;/h4-10H,1-2H3;3*1H3;/t10-;;;;/m1..../s1. The monoisotopic (exact) mass is 394 g/mol. The van der Waals surface area contributed by atoms with Crippen LogP contribution in [0.25, 0.3) is 0 Å². The van der Waals surface area contributed by atoms with Gasteiger partial charge in [0.2, 0.25) is 0 Å². The van der Waals surface area contributed by atoms with Gasteiger partial charge in [0.25, 0.3) is 0 Å². The van der Waals surface area contributed by atoms with Gasteiger partial charge < -0.3 is 0 Å². The Morgan fingerprint density at radius 2 is 1.86 bits per heavy atom.